The van der Waals surface area contributed by atoms with Crippen molar-refractivity contribution < 1.29 is 0 Å². The monoisotopic (exact) mass is 145 g/mol. The number of nitrogens with one attached hydrogen (secondary N) is 1. The molecule has 1 fully saturated rings. The summed E-state index contributed by atoms with van der Waals surface area (Å²) >= 11 is 4.66. The zero-order valence-electron chi connectivity index (χ0n) is 5.42. The number of nitrogens with two attached hydrogens (primary N) is 1. The van der Waals surface area contributed by atoms with E-state index in [-0.39, 0.29) is 0 Å². The summed E-state index contributed by atoms with van der Waals surface area (Å²) in [6, 6.07) is 0.493. The molecule has 1 rings (SSSR count). The minimum absolute atomic E-state index is 0.410. The van der Waals surface area contributed by atoms with Gasteiger partial charge in [-0.05, 0) is 19.3 Å². The third-order valence-electron chi connectivity index (χ3n) is 1.41. The van der Waals surface area contributed by atoms with E-state index in [2.05, 4.69) is 29.5 Å². The standard InChI is InChI=1S/C5H11N3S/c1-8-2-4(3-8)7-5(6)9/h4H,2-3H2,1H3,(H3,6,7,9). The molecule has 1 aliphatic rings. The van der Waals surface area contributed by atoms with Gasteiger partial charge in [0.1, 0.15) is 0 Å². The van der Waals surface area contributed by atoms with Crippen LogP contribution in [0.25, 0.3) is 0 Å². The van der Waals surface area contributed by atoms with E-state index in [1.165, 1.54) is 0 Å². The van der Waals surface area contributed by atoms with Crippen molar-refractivity contribution >= 4 is 17.3 Å². The Bertz CT molecular complexity index is 119. The lowest BCUT2D eigenvalue weighted by atomic mass is 10.1. The highest BCUT2D eigenvalue weighted by molar-refractivity contribution is 7.80. The van der Waals surface area contributed by atoms with Crippen molar-refractivity contribution in [2.24, 2.45) is 5.73 Å². The number of rotatable bonds is 1. The van der Waals surface area contributed by atoms with E-state index in [1.807, 2.05) is 0 Å². The molecule has 52 valence electrons. The van der Waals surface area contributed by atoms with Gasteiger partial charge in [-0.3, -0.25) is 0 Å². The lowest BCUT2D eigenvalue weighted by Gasteiger charge is -2.36. The first-order chi connectivity index (χ1) is 4.18. The van der Waals surface area contributed by atoms with Crippen molar-refractivity contribution in [3.63, 3.8) is 0 Å². The van der Waals surface area contributed by atoms with Crippen molar-refractivity contribution in [1.29, 1.82) is 0 Å². The van der Waals surface area contributed by atoms with Crippen LogP contribution in [0.3, 0.4) is 0 Å². The number of likely N-dealkylation sites (tertiary alicyclic amines) is 1. The van der Waals surface area contributed by atoms with E-state index in [9.17, 15) is 0 Å². The van der Waals surface area contributed by atoms with E-state index in [4.69, 9.17) is 5.73 Å². The second kappa shape index (κ2) is 2.49. The van der Waals surface area contributed by atoms with Crippen LogP contribution >= 0.6 is 12.2 Å². The van der Waals surface area contributed by atoms with Crippen molar-refractivity contribution in [3.05, 3.63) is 0 Å². The van der Waals surface area contributed by atoms with Crippen molar-refractivity contribution in [2.45, 2.75) is 6.04 Å². The Kier molecular flexibility index (Phi) is 1.87. The summed E-state index contributed by atoms with van der Waals surface area (Å²) in [4.78, 5) is 2.20. The number of hydrogen-bond acceptors (Lipinski definition) is 2. The van der Waals surface area contributed by atoms with E-state index in [0.717, 1.165) is 13.1 Å². The van der Waals surface area contributed by atoms with Gasteiger partial charge in [-0.15, -0.1) is 0 Å². The van der Waals surface area contributed by atoms with Crippen LogP contribution in [0, 0.1) is 0 Å². The molecule has 4 heteroatoms. The Morgan fingerprint density at radius 1 is 1.78 bits per heavy atom. The predicted octanol–water partition coefficient (Wildman–Crippen LogP) is -0.866. The fraction of sp³-hybridized carbons (Fsp3) is 0.800. The molecule has 0 spiro atoms. The second-order valence-corrected chi connectivity index (χ2v) is 2.87. The molecule has 1 saturated heterocycles. The quantitative estimate of drug-likeness (QED) is 0.471. The Morgan fingerprint density at radius 2 is 2.33 bits per heavy atom. The molecule has 0 atom stereocenters. The van der Waals surface area contributed by atoms with Gasteiger partial charge in [0.15, 0.2) is 5.11 Å². The van der Waals surface area contributed by atoms with Crippen molar-refractivity contribution in [3.8, 4) is 0 Å². The minimum atomic E-state index is 0.410. The molecule has 0 aromatic rings. The Morgan fingerprint density at radius 3 is 2.67 bits per heavy atom. The average Bonchev–Trinajstić information content (AvgIpc) is 1.60. The minimum Gasteiger partial charge on any atom is -0.376 e. The third kappa shape index (κ3) is 1.80. The fourth-order valence-corrected chi connectivity index (χ4v) is 1.16. The number of nitrogens with zero attached hydrogens (tertiary/aromatic N) is 1. The highest BCUT2D eigenvalue weighted by Crippen LogP contribution is 2.01. The highest BCUT2D eigenvalue weighted by atomic mass is 32.1. The maximum atomic E-state index is 5.25. The zero-order chi connectivity index (χ0) is 6.85. The third-order valence-corrected chi connectivity index (χ3v) is 1.53. The van der Waals surface area contributed by atoms with Crippen LogP contribution in [0.15, 0.2) is 0 Å². The van der Waals surface area contributed by atoms with Crippen molar-refractivity contribution in [2.75, 3.05) is 20.1 Å². The summed E-state index contributed by atoms with van der Waals surface area (Å²) in [6.07, 6.45) is 0. The van der Waals surface area contributed by atoms with Gasteiger partial charge in [-0.25, -0.2) is 0 Å². The molecule has 0 bridgehead atoms. The van der Waals surface area contributed by atoms with Crippen LogP contribution in [0.5, 0.6) is 0 Å². The first-order valence-electron chi connectivity index (χ1n) is 2.93. The molecule has 3 N–H and O–H groups in total. The van der Waals surface area contributed by atoms with Crippen LogP contribution in [0.1, 0.15) is 0 Å². The molecule has 0 saturated carbocycles. The Labute approximate surface area is 60.2 Å². The summed E-state index contributed by atoms with van der Waals surface area (Å²) in [6.45, 7) is 2.11. The van der Waals surface area contributed by atoms with Gasteiger partial charge in [-0.1, -0.05) is 0 Å². The van der Waals surface area contributed by atoms with Crippen LogP contribution in [0.2, 0.25) is 0 Å². The topological polar surface area (TPSA) is 41.3 Å². The van der Waals surface area contributed by atoms with E-state index in [0.29, 0.717) is 11.2 Å². The van der Waals surface area contributed by atoms with Crippen LogP contribution < -0.4 is 11.1 Å². The lowest BCUT2D eigenvalue weighted by Crippen LogP contribution is -2.58. The Hall–Kier alpha value is -0.350. The zero-order valence-corrected chi connectivity index (χ0v) is 6.24. The smallest absolute Gasteiger partial charge is 0.163 e. The molecule has 0 aromatic carbocycles. The maximum absolute atomic E-state index is 5.25. The SMILES string of the molecule is CN1CC(NC(N)=S)C1. The molecule has 0 aromatic heterocycles. The number of likely N-dealkylation sites (N-methyl/N-ethyl adjacent to an activating group) is 1. The van der Waals surface area contributed by atoms with Crippen LogP contribution in [-0.2, 0) is 0 Å². The molecular weight excluding hydrogens is 134 g/mol. The summed E-state index contributed by atoms with van der Waals surface area (Å²) in [7, 11) is 2.07. The molecule has 1 aliphatic heterocycles. The first kappa shape index (κ1) is 6.77. The molecule has 0 aliphatic carbocycles. The number of hydrogen-bond donors (Lipinski definition) is 2. The van der Waals surface area contributed by atoms with Gasteiger partial charge in [0.25, 0.3) is 0 Å². The van der Waals surface area contributed by atoms with Gasteiger partial charge in [-0.2, -0.15) is 0 Å². The predicted molar refractivity (Wildman–Crippen MR) is 41.2 cm³/mol. The largest absolute Gasteiger partial charge is 0.376 e. The average molecular weight is 145 g/mol. The summed E-state index contributed by atoms with van der Waals surface area (Å²) in [5, 5.41) is 3.39. The first-order valence-corrected chi connectivity index (χ1v) is 3.34. The lowest BCUT2D eigenvalue weighted by molar-refractivity contribution is 0.178. The van der Waals surface area contributed by atoms with Gasteiger partial charge in [0.2, 0.25) is 0 Å². The van der Waals surface area contributed by atoms with Gasteiger partial charge < -0.3 is 16.0 Å². The molecule has 0 unspecified atom stereocenters. The van der Waals surface area contributed by atoms with Gasteiger partial charge in [0, 0.05) is 13.1 Å². The summed E-state index contributed by atoms with van der Waals surface area (Å²) in [5.74, 6) is 0. The maximum Gasteiger partial charge on any atom is 0.163 e. The van der Waals surface area contributed by atoms with Gasteiger partial charge in [0.05, 0.1) is 6.04 Å². The Balaban J connectivity index is 2.11. The molecule has 0 amide bonds. The van der Waals surface area contributed by atoms with E-state index in [1.54, 1.807) is 0 Å². The molecule has 3 nitrogen and oxygen atoms in total. The molecule has 9 heavy (non-hydrogen) atoms. The van der Waals surface area contributed by atoms with Crippen molar-refractivity contribution in [1.82, 2.24) is 10.2 Å². The van der Waals surface area contributed by atoms with E-state index < -0.39 is 0 Å². The highest BCUT2D eigenvalue weighted by Gasteiger charge is 2.22. The number of thiocarbonyl (C=S) groups is 1. The molecular formula is C5H11N3S. The van der Waals surface area contributed by atoms with Crippen LogP contribution in [0.4, 0.5) is 0 Å². The van der Waals surface area contributed by atoms with Crippen LogP contribution in [-0.4, -0.2) is 36.2 Å². The normalized spacial score (nSPS) is 21.0. The van der Waals surface area contributed by atoms with Gasteiger partial charge >= 0.3 is 0 Å². The second-order valence-electron chi connectivity index (χ2n) is 2.43. The van der Waals surface area contributed by atoms with E-state index >= 15 is 0 Å². The molecule has 1 heterocycles. The fourth-order valence-electron chi connectivity index (χ4n) is 0.991. The molecule has 0 radical (unpaired) electrons. The summed E-state index contributed by atoms with van der Waals surface area (Å²) < 4.78 is 0. The summed E-state index contributed by atoms with van der Waals surface area (Å²) in [5.41, 5.74) is 5.25.